The lowest BCUT2D eigenvalue weighted by Crippen LogP contribution is -3.18. The van der Waals surface area contributed by atoms with E-state index in [4.69, 9.17) is 4.74 Å². The zero-order valence-corrected chi connectivity index (χ0v) is 15.1. The van der Waals surface area contributed by atoms with Crippen molar-refractivity contribution in [3.05, 3.63) is 22.5 Å². The first-order valence-corrected chi connectivity index (χ1v) is 8.42. The van der Waals surface area contributed by atoms with Gasteiger partial charge in [0, 0.05) is 17.5 Å². The zero-order chi connectivity index (χ0) is 17.3. The molecule has 0 bridgehead atoms. The Hall–Kier alpha value is -1.62. The molecule has 2 heterocycles. The third-order valence-electron chi connectivity index (χ3n) is 5.11. The van der Waals surface area contributed by atoms with Gasteiger partial charge in [-0.2, -0.15) is 0 Å². The molecule has 0 radical (unpaired) electrons. The molecular formula is C18H29N2O3+. The summed E-state index contributed by atoms with van der Waals surface area (Å²) in [5, 5.41) is 0. The van der Waals surface area contributed by atoms with Crippen LogP contribution in [0.25, 0.3) is 0 Å². The molecule has 0 aromatic carbocycles. The van der Waals surface area contributed by atoms with Gasteiger partial charge in [0.1, 0.15) is 0 Å². The maximum absolute atomic E-state index is 13.0. The molecule has 2 rings (SSSR count). The van der Waals surface area contributed by atoms with Gasteiger partial charge in [0.05, 0.1) is 31.5 Å². The van der Waals surface area contributed by atoms with Gasteiger partial charge in [-0.1, -0.05) is 13.8 Å². The molecular weight excluding hydrogens is 292 g/mol. The number of quaternary nitrogens is 1. The molecule has 1 unspecified atom stereocenters. The van der Waals surface area contributed by atoms with E-state index in [2.05, 4.69) is 18.8 Å². The summed E-state index contributed by atoms with van der Waals surface area (Å²) in [7, 11) is 1.36. The van der Waals surface area contributed by atoms with Crippen molar-refractivity contribution in [1.29, 1.82) is 0 Å². The highest BCUT2D eigenvalue weighted by molar-refractivity contribution is 6.03. The third kappa shape index (κ3) is 3.50. The van der Waals surface area contributed by atoms with Crippen LogP contribution in [0.1, 0.15) is 59.3 Å². The van der Waals surface area contributed by atoms with E-state index < -0.39 is 5.97 Å². The van der Waals surface area contributed by atoms with Crippen LogP contribution < -0.4 is 4.90 Å². The van der Waals surface area contributed by atoms with Crippen LogP contribution in [0.4, 0.5) is 0 Å². The first-order chi connectivity index (χ1) is 10.8. The number of ether oxygens (including phenoxy) is 1. The number of Topliss-reactive ketones (excluding diaryl/α,β-unsaturated/α-hetero) is 1. The lowest BCUT2D eigenvalue weighted by atomic mass is 9.90. The van der Waals surface area contributed by atoms with Gasteiger partial charge in [0.25, 0.3) is 0 Å². The molecule has 0 saturated carbocycles. The minimum absolute atomic E-state index is 0.0806. The predicted octanol–water partition coefficient (Wildman–Crippen LogP) is 1.55. The van der Waals surface area contributed by atoms with Crippen LogP contribution >= 0.6 is 0 Å². The molecule has 5 nitrogen and oxygen atoms in total. The number of hydrogen-bond donors (Lipinski definition) is 2. The van der Waals surface area contributed by atoms with Crippen molar-refractivity contribution in [2.75, 3.05) is 20.2 Å². The summed E-state index contributed by atoms with van der Waals surface area (Å²) in [6.45, 7) is 12.2. The van der Waals surface area contributed by atoms with Gasteiger partial charge in [-0.15, -0.1) is 0 Å². The maximum Gasteiger partial charge on any atom is 0.339 e. The van der Waals surface area contributed by atoms with Crippen molar-refractivity contribution in [3.8, 4) is 0 Å². The smallest absolute Gasteiger partial charge is 0.339 e. The van der Waals surface area contributed by atoms with Crippen molar-refractivity contribution >= 4 is 11.8 Å². The fraction of sp³-hybridized carbons (Fsp3) is 0.667. The van der Waals surface area contributed by atoms with Gasteiger partial charge in [0.15, 0.2) is 6.04 Å². The number of carbonyl (C=O) groups excluding carboxylic acids is 2. The van der Waals surface area contributed by atoms with Crippen LogP contribution in [0.2, 0.25) is 0 Å². The van der Waals surface area contributed by atoms with Crippen LogP contribution in [-0.2, 0) is 4.74 Å². The van der Waals surface area contributed by atoms with Crippen LogP contribution in [-0.4, -0.2) is 43.0 Å². The number of hydrogen-bond acceptors (Lipinski definition) is 3. The third-order valence-corrected chi connectivity index (χ3v) is 5.11. The monoisotopic (exact) mass is 321 g/mol. The number of carbonyl (C=O) groups is 2. The second kappa shape index (κ2) is 6.87. The lowest BCUT2D eigenvalue weighted by Gasteiger charge is -2.35. The largest absolute Gasteiger partial charge is 0.465 e. The Morgan fingerprint density at radius 2 is 1.78 bits per heavy atom. The number of nitrogens with one attached hydrogen (secondary N) is 2. The first-order valence-electron chi connectivity index (χ1n) is 8.42. The van der Waals surface area contributed by atoms with Crippen LogP contribution in [0.5, 0.6) is 0 Å². The standard InChI is InChI=1S/C18H28N2O3/c1-10-7-11(2)9-20(8-10)14(5)17(21)16-12(3)15(13(4)19-16)18(22)23-6/h10-11,14,19H,7-9H2,1-6H3/p+1/t10-,11+,14-/m1/s1. The number of piperidine rings is 1. The van der Waals surface area contributed by atoms with Gasteiger partial charge in [0.2, 0.25) is 5.78 Å². The van der Waals surface area contributed by atoms with Crippen molar-refractivity contribution in [2.45, 2.75) is 47.1 Å². The summed E-state index contributed by atoms with van der Waals surface area (Å²) in [5.74, 6) is 0.967. The highest BCUT2D eigenvalue weighted by atomic mass is 16.5. The number of aryl methyl sites for hydroxylation is 1. The van der Waals surface area contributed by atoms with Gasteiger partial charge in [-0.3, -0.25) is 4.79 Å². The van der Waals surface area contributed by atoms with Crippen LogP contribution in [0, 0.1) is 25.7 Å². The minimum Gasteiger partial charge on any atom is -0.465 e. The van der Waals surface area contributed by atoms with Gasteiger partial charge >= 0.3 is 5.97 Å². The second-order valence-corrected chi connectivity index (χ2v) is 7.22. The summed E-state index contributed by atoms with van der Waals surface area (Å²) < 4.78 is 4.82. The fourth-order valence-corrected chi connectivity index (χ4v) is 3.99. The molecule has 0 aliphatic carbocycles. The van der Waals surface area contributed by atoms with E-state index in [0.717, 1.165) is 13.1 Å². The van der Waals surface area contributed by atoms with Crippen molar-refractivity contribution in [3.63, 3.8) is 0 Å². The molecule has 0 spiro atoms. The Morgan fingerprint density at radius 3 is 2.30 bits per heavy atom. The molecule has 5 heteroatoms. The van der Waals surface area contributed by atoms with Crippen molar-refractivity contribution < 1.29 is 19.2 Å². The molecule has 128 valence electrons. The Kier molecular flexibility index (Phi) is 5.30. The number of aromatic amines is 1. The first kappa shape index (κ1) is 17.7. The van der Waals surface area contributed by atoms with E-state index >= 15 is 0 Å². The molecule has 1 aromatic heterocycles. The molecule has 1 fully saturated rings. The van der Waals surface area contributed by atoms with E-state index in [0.29, 0.717) is 34.4 Å². The number of methoxy groups -OCH3 is 1. The summed E-state index contributed by atoms with van der Waals surface area (Å²) in [4.78, 5) is 29.3. The Labute approximate surface area is 138 Å². The Bertz CT molecular complexity index is 596. The van der Waals surface area contributed by atoms with E-state index in [-0.39, 0.29) is 11.8 Å². The fourth-order valence-electron chi connectivity index (χ4n) is 3.99. The SMILES string of the molecule is COC(=O)c1c(C)[nH]c(C(=O)[C@@H](C)[NH+]2C[C@H](C)C[C@H](C)C2)c1C. The topological polar surface area (TPSA) is 63.6 Å². The number of H-pyrrole nitrogens is 1. The van der Waals surface area contributed by atoms with E-state index in [1.807, 2.05) is 13.8 Å². The van der Waals surface area contributed by atoms with Crippen LogP contribution in [0.3, 0.4) is 0 Å². The van der Waals surface area contributed by atoms with E-state index in [9.17, 15) is 9.59 Å². The molecule has 23 heavy (non-hydrogen) atoms. The quantitative estimate of drug-likeness (QED) is 0.653. The molecule has 1 aliphatic heterocycles. The molecule has 1 saturated heterocycles. The molecule has 1 aliphatic rings. The molecule has 4 atom stereocenters. The van der Waals surface area contributed by atoms with Crippen molar-refractivity contribution in [1.82, 2.24) is 4.98 Å². The lowest BCUT2D eigenvalue weighted by molar-refractivity contribution is -0.925. The number of aromatic nitrogens is 1. The van der Waals surface area contributed by atoms with E-state index in [1.165, 1.54) is 18.4 Å². The van der Waals surface area contributed by atoms with Gasteiger partial charge < -0.3 is 14.6 Å². The Balaban J connectivity index is 2.25. The summed E-state index contributed by atoms with van der Waals surface area (Å²) in [5.41, 5.74) is 2.43. The number of likely N-dealkylation sites (tertiary alicyclic amines) is 1. The van der Waals surface area contributed by atoms with Crippen molar-refractivity contribution in [2.24, 2.45) is 11.8 Å². The summed E-state index contributed by atoms with van der Waals surface area (Å²) in [6.07, 6.45) is 1.23. The normalized spacial score (nSPS) is 25.9. The van der Waals surface area contributed by atoms with Gasteiger partial charge in [-0.25, -0.2) is 4.79 Å². The highest BCUT2D eigenvalue weighted by Gasteiger charge is 2.35. The summed E-state index contributed by atoms with van der Waals surface area (Å²) >= 11 is 0. The average molecular weight is 321 g/mol. The second-order valence-electron chi connectivity index (χ2n) is 7.22. The van der Waals surface area contributed by atoms with E-state index in [1.54, 1.807) is 6.92 Å². The zero-order valence-electron chi connectivity index (χ0n) is 15.1. The number of esters is 1. The van der Waals surface area contributed by atoms with Crippen LogP contribution in [0.15, 0.2) is 0 Å². The highest BCUT2D eigenvalue weighted by Crippen LogP contribution is 2.20. The predicted molar refractivity (Wildman–Crippen MR) is 89.0 cm³/mol. The number of rotatable bonds is 4. The Morgan fingerprint density at radius 1 is 1.22 bits per heavy atom. The summed E-state index contributed by atoms with van der Waals surface area (Å²) in [6, 6.07) is -0.109. The number of ketones is 1. The molecule has 2 N–H and O–H groups in total. The molecule has 1 aromatic rings. The van der Waals surface area contributed by atoms with Gasteiger partial charge in [-0.05, 0) is 32.8 Å². The molecule has 0 amide bonds. The minimum atomic E-state index is -0.393. The average Bonchev–Trinajstić information content (AvgIpc) is 2.79. The maximum atomic E-state index is 13.0.